The van der Waals surface area contributed by atoms with Crippen molar-refractivity contribution in [1.29, 1.82) is 0 Å². The van der Waals surface area contributed by atoms with E-state index in [9.17, 15) is 8.42 Å². The minimum atomic E-state index is -3.56. The summed E-state index contributed by atoms with van der Waals surface area (Å²) in [5.41, 5.74) is 1.55. The minimum absolute atomic E-state index is 0.158. The van der Waals surface area contributed by atoms with E-state index in [0.29, 0.717) is 12.3 Å². The van der Waals surface area contributed by atoms with Gasteiger partial charge in [0, 0.05) is 19.7 Å². The molecule has 0 aliphatic heterocycles. The molecule has 0 amide bonds. The lowest BCUT2D eigenvalue weighted by Crippen LogP contribution is -2.32. The van der Waals surface area contributed by atoms with E-state index in [1.54, 1.807) is 12.1 Å². The summed E-state index contributed by atoms with van der Waals surface area (Å²) in [7, 11) is -0.183. The van der Waals surface area contributed by atoms with E-state index in [-0.39, 0.29) is 12.6 Å². The standard InChI is InChI=1S/C12H21N3O3S/c1-10(13-2)11-5-4-6-12(9-11)15-19(16,17)14-7-8-18-3/h4-6,9-10,13-15H,7-8H2,1-3H3. The summed E-state index contributed by atoms with van der Waals surface area (Å²) in [6.45, 7) is 2.57. The number of hydrogen-bond acceptors (Lipinski definition) is 4. The fourth-order valence-corrected chi connectivity index (χ4v) is 2.37. The molecule has 7 heteroatoms. The Labute approximate surface area is 114 Å². The third-order valence-electron chi connectivity index (χ3n) is 2.67. The number of benzene rings is 1. The van der Waals surface area contributed by atoms with Crippen LogP contribution in [0.4, 0.5) is 5.69 Å². The van der Waals surface area contributed by atoms with Gasteiger partial charge >= 0.3 is 0 Å². The third kappa shape index (κ3) is 5.56. The molecule has 1 atom stereocenters. The largest absolute Gasteiger partial charge is 0.383 e. The molecule has 0 saturated heterocycles. The molecule has 108 valence electrons. The van der Waals surface area contributed by atoms with Gasteiger partial charge in [0.25, 0.3) is 10.2 Å². The van der Waals surface area contributed by atoms with E-state index in [1.165, 1.54) is 7.11 Å². The Morgan fingerprint density at radius 3 is 2.74 bits per heavy atom. The molecular weight excluding hydrogens is 266 g/mol. The highest BCUT2D eigenvalue weighted by Gasteiger charge is 2.10. The van der Waals surface area contributed by atoms with Gasteiger partial charge in [0.15, 0.2) is 0 Å². The van der Waals surface area contributed by atoms with Crippen molar-refractivity contribution in [3.05, 3.63) is 29.8 Å². The molecule has 1 unspecified atom stereocenters. The zero-order valence-electron chi connectivity index (χ0n) is 11.4. The summed E-state index contributed by atoms with van der Waals surface area (Å²) < 4.78 is 33.1. The SMILES string of the molecule is CNC(C)c1cccc(NS(=O)(=O)NCCOC)c1. The zero-order chi connectivity index (χ0) is 14.3. The smallest absolute Gasteiger partial charge is 0.299 e. The van der Waals surface area contributed by atoms with Gasteiger partial charge in [-0.1, -0.05) is 12.1 Å². The van der Waals surface area contributed by atoms with Crippen molar-refractivity contribution in [2.45, 2.75) is 13.0 Å². The summed E-state index contributed by atoms with van der Waals surface area (Å²) in [6, 6.07) is 7.43. The maximum absolute atomic E-state index is 11.7. The first-order valence-electron chi connectivity index (χ1n) is 6.02. The third-order valence-corrected chi connectivity index (χ3v) is 3.76. The molecule has 0 aliphatic rings. The molecule has 6 nitrogen and oxygen atoms in total. The molecule has 0 radical (unpaired) electrons. The summed E-state index contributed by atoms with van der Waals surface area (Å²) in [5, 5.41) is 3.10. The van der Waals surface area contributed by atoms with E-state index in [2.05, 4.69) is 14.8 Å². The van der Waals surface area contributed by atoms with Gasteiger partial charge in [-0.2, -0.15) is 13.1 Å². The second-order valence-corrected chi connectivity index (χ2v) is 5.63. The summed E-state index contributed by atoms with van der Waals surface area (Å²) in [6.07, 6.45) is 0. The first-order chi connectivity index (χ1) is 8.98. The van der Waals surface area contributed by atoms with Crippen LogP contribution in [0.15, 0.2) is 24.3 Å². The minimum Gasteiger partial charge on any atom is -0.383 e. The molecule has 0 saturated carbocycles. The lowest BCUT2D eigenvalue weighted by Gasteiger charge is -2.13. The predicted octanol–water partition coefficient (Wildman–Crippen LogP) is 0.860. The second kappa shape index (κ2) is 7.44. The molecule has 0 bridgehead atoms. The second-order valence-electron chi connectivity index (χ2n) is 4.13. The highest BCUT2D eigenvalue weighted by molar-refractivity contribution is 7.90. The summed E-state index contributed by atoms with van der Waals surface area (Å²) >= 11 is 0. The van der Waals surface area contributed by atoms with Crippen LogP contribution in [0, 0.1) is 0 Å². The fraction of sp³-hybridized carbons (Fsp3) is 0.500. The quantitative estimate of drug-likeness (QED) is 0.620. The Bertz CT molecular complexity index is 491. The van der Waals surface area contributed by atoms with Crippen LogP contribution in [0.2, 0.25) is 0 Å². The number of rotatable bonds is 8. The van der Waals surface area contributed by atoms with Crippen molar-refractivity contribution in [2.75, 3.05) is 32.0 Å². The molecule has 1 aromatic rings. The van der Waals surface area contributed by atoms with E-state index in [4.69, 9.17) is 4.74 Å². The van der Waals surface area contributed by atoms with Gasteiger partial charge in [0.05, 0.1) is 12.3 Å². The van der Waals surface area contributed by atoms with Crippen molar-refractivity contribution >= 4 is 15.9 Å². The molecule has 0 heterocycles. The van der Waals surface area contributed by atoms with Crippen LogP contribution in [-0.2, 0) is 14.9 Å². The summed E-state index contributed by atoms with van der Waals surface area (Å²) in [4.78, 5) is 0. The van der Waals surface area contributed by atoms with Crippen LogP contribution in [0.25, 0.3) is 0 Å². The fourth-order valence-electron chi connectivity index (χ4n) is 1.51. The van der Waals surface area contributed by atoms with Gasteiger partial charge < -0.3 is 10.1 Å². The van der Waals surface area contributed by atoms with Gasteiger partial charge in [0.2, 0.25) is 0 Å². The Morgan fingerprint density at radius 1 is 1.37 bits per heavy atom. The van der Waals surface area contributed by atoms with E-state index in [0.717, 1.165) is 5.56 Å². The number of methoxy groups -OCH3 is 1. The Balaban J connectivity index is 2.71. The van der Waals surface area contributed by atoms with Crippen LogP contribution in [0.3, 0.4) is 0 Å². The van der Waals surface area contributed by atoms with Crippen LogP contribution in [0.1, 0.15) is 18.5 Å². The number of nitrogens with one attached hydrogen (secondary N) is 3. The summed E-state index contributed by atoms with van der Waals surface area (Å²) in [5.74, 6) is 0. The molecule has 3 N–H and O–H groups in total. The Morgan fingerprint density at radius 2 is 2.11 bits per heavy atom. The predicted molar refractivity (Wildman–Crippen MR) is 76.3 cm³/mol. The molecule has 1 rings (SSSR count). The van der Waals surface area contributed by atoms with Crippen molar-refractivity contribution in [3.63, 3.8) is 0 Å². The van der Waals surface area contributed by atoms with Gasteiger partial charge in [-0.25, -0.2) is 0 Å². The van der Waals surface area contributed by atoms with E-state index < -0.39 is 10.2 Å². The average molecular weight is 287 g/mol. The van der Waals surface area contributed by atoms with Crippen LogP contribution in [-0.4, -0.2) is 35.7 Å². The average Bonchev–Trinajstić information content (AvgIpc) is 2.37. The van der Waals surface area contributed by atoms with Crippen LogP contribution >= 0.6 is 0 Å². The molecule has 19 heavy (non-hydrogen) atoms. The first kappa shape index (κ1) is 15.9. The number of anilines is 1. The topological polar surface area (TPSA) is 79.5 Å². The van der Waals surface area contributed by atoms with Crippen molar-refractivity contribution in [2.24, 2.45) is 0 Å². The van der Waals surface area contributed by atoms with Crippen molar-refractivity contribution in [3.8, 4) is 0 Å². The van der Waals surface area contributed by atoms with Crippen molar-refractivity contribution < 1.29 is 13.2 Å². The van der Waals surface area contributed by atoms with E-state index in [1.807, 2.05) is 26.1 Å². The molecule has 0 spiro atoms. The normalized spacial score (nSPS) is 13.2. The number of ether oxygens (including phenoxy) is 1. The zero-order valence-corrected chi connectivity index (χ0v) is 12.3. The molecule has 0 fully saturated rings. The molecule has 0 aliphatic carbocycles. The Kier molecular flexibility index (Phi) is 6.23. The van der Waals surface area contributed by atoms with Gasteiger partial charge in [-0.3, -0.25) is 4.72 Å². The maximum atomic E-state index is 11.7. The molecule has 0 aromatic heterocycles. The van der Waals surface area contributed by atoms with Gasteiger partial charge in [-0.05, 0) is 31.7 Å². The van der Waals surface area contributed by atoms with Gasteiger partial charge in [-0.15, -0.1) is 0 Å². The van der Waals surface area contributed by atoms with Crippen LogP contribution < -0.4 is 14.8 Å². The van der Waals surface area contributed by atoms with E-state index >= 15 is 0 Å². The highest BCUT2D eigenvalue weighted by Crippen LogP contribution is 2.17. The molecular formula is C12H21N3O3S. The first-order valence-corrected chi connectivity index (χ1v) is 7.50. The molecule has 1 aromatic carbocycles. The lowest BCUT2D eigenvalue weighted by atomic mass is 10.1. The highest BCUT2D eigenvalue weighted by atomic mass is 32.2. The maximum Gasteiger partial charge on any atom is 0.299 e. The monoisotopic (exact) mass is 287 g/mol. The van der Waals surface area contributed by atoms with Crippen LogP contribution in [0.5, 0.6) is 0 Å². The van der Waals surface area contributed by atoms with Crippen molar-refractivity contribution in [1.82, 2.24) is 10.0 Å². The number of hydrogen-bond donors (Lipinski definition) is 3. The Hall–Kier alpha value is -1.15. The van der Waals surface area contributed by atoms with Gasteiger partial charge in [0.1, 0.15) is 0 Å². The lowest BCUT2D eigenvalue weighted by molar-refractivity contribution is 0.204.